The zero-order valence-electron chi connectivity index (χ0n) is 22.9. The molecular formula is C29H35N3O8. The number of anilines is 1. The Hall–Kier alpha value is -3.99. The molecule has 0 atom stereocenters. The molecular weight excluding hydrogens is 518 g/mol. The predicted molar refractivity (Wildman–Crippen MR) is 145 cm³/mol. The van der Waals surface area contributed by atoms with Crippen molar-refractivity contribution >= 4 is 23.6 Å². The second-order valence-corrected chi connectivity index (χ2v) is 10.3. The van der Waals surface area contributed by atoms with Crippen LogP contribution >= 0.6 is 0 Å². The van der Waals surface area contributed by atoms with Crippen molar-refractivity contribution < 1.29 is 28.4 Å². The molecule has 0 saturated heterocycles. The second-order valence-electron chi connectivity index (χ2n) is 10.3. The first-order valence-electron chi connectivity index (χ1n) is 13.8. The van der Waals surface area contributed by atoms with Gasteiger partial charge in [0.25, 0.3) is 11.8 Å². The molecule has 214 valence electrons. The van der Waals surface area contributed by atoms with Crippen molar-refractivity contribution in [1.29, 1.82) is 0 Å². The van der Waals surface area contributed by atoms with E-state index >= 15 is 0 Å². The third-order valence-electron chi connectivity index (χ3n) is 7.15. The number of imide groups is 1. The standard InChI is InChI=1S/C17H21NO4.C12H14N2O4/c1-2-8-18-14(19)10-13-16(17(18)21)12(9-15(20)22-13)5-3-4-11-6-7-11;1-3-4-5-8-6-9(15)18-12-10(8)11(16)13-7(2)14(12)17/h9,11H,2-8,10H2,1H3;6,17H,2-5H2,1H3,(H,13,16). The fourth-order valence-electron chi connectivity index (χ4n) is 4.95. The molecule has 4 heterocycles. The average Bonchev–Trinajstić information content (AvgIpc) is 3.72. The number of hydrogen-bond acceptors (Lipinski definition) is 9. The number of amides is 3. The van der Waals surface area contributed by atoms with Gasteiger partial charge in [-0.1, -0.05) is 46.1 Å². The van der Waals surface area contributed by atoms with Gasteiger partial charge in [-0.15, -0.1) is 0 Å². The molecule has 2 N–H and O–H groups in total. The number of nitrogens with zero attached hydrogens (tertiary/aromatic N) is 2. The molecule has 0 aromatic carbocycles. The Morgan fingerprint density at radius 1 is 0.950 bits per heavy atom. The highest BCUT2D eigenvalue weighted by Gasteiger charge is 2.35. The maximum Gasteiger partial charge on any atom is 0.337 e. The first-order valence-corrected chi connectivity index (χ1v) is 13.8. The molecule has 2 aromatic heterocycles. The zero-order valence-corrected chi connectivity index (χ0v) is 22.9. The normalized spacial score (nSPS) is 16.3. The van der Waals surface area contributed by atoms with E-state index in [4.69, 9.17) is 8.83 Å². The van der Waals surface area contributed by atoms with Gasteiger partial charge < -0.3 is 14.2 Å². The summed E-state index contributed by atoms with van der Waals surface area (Å²) in [5.41, 5.74) is 0.894. The smallest absolute Gasteiger partial charge is 0.337 e. The van der Waals surface area contributed by atoms with Gasteiger partial charge in [-0.25, -0.2) is 9.59 Å². The number of carbonyl (C=O) groups is 3. The van der Waals surface area contributed by atoms with Gasteiger partial charge in [-0.2, -0.15) is 5.06 Å². The largest absolute Gasteiger partial charge is 0.426 e. The van der Waals surface area contributed by atoms with Gasteiger partial charge in [0.05, 0.1) is 12.0 Å². The average molecular weight is 554 g/mol. The van der Waals surface area contributed by atoms with Crippen LogP contribution in [0.3, 0.4) is 0 Å². The number of hydroxylamine groups is 1. The minimum absolute atomic E-state index is 0.00672. The summed E-state index contributed by atoms with van der Waals surface area (Å²) in [6.07, 6.45) is 8.49. The van der Waals surface area contributed by atoms with Crippen LogP contribution in [0.25, 0.3) is 0 Å². The first-order chi connectivity index (χ1) is 19.1. The number of aryl methyl sites for hydroxylation is 2. The van der Waals surface area contributed by atoms with Gasteiger partial charge in [0.15, 0.2) is 0 Å². The second kappa shape index (κ2) is 12.5. The first kappa shape index (κ1) is 29.0. The molecule has 3 amide bonds. The molecule has 1 fully saturated rings. The van der Waals surface area contributed by atoms with Crippen molar-refractivity contribution in [3.63, 3.8) is 0 Å². The minimum Gasteiger partial charge on any atom is -0.426 e. The Balaban J connectivity index is 0.000000189. The van der Waals surface area contributed by atoms with Crippen LogP contribution in [0.4, 0.5) is 5.88 Å². The Morgan fingerprint density at radius 3 is 2.25 bits per heavy atom. The molecule has 2 aromatic rings. The van der Waals surface area contributed by atoms with Crippen molar-refractivity contribution in [3.05, 3.63) is 73.4 Å². The summed E-state index contributed by atoms with van der Waals surface area (Å²) in [6.45, 7) is 7.80. The van der Waals surface area contributed by atoms with E-state index in [-0.39, 0.29) is 41.3 Å². The molecule has 40 heavy (non-hydrogen) atoms. The lowest BCUT2D eigenvalue weighted by Gasteiger charge is -2.26. The van der Waals surface area contributed by atoms with E-state index in [0.29, 0.717) is 35.6 Å². The van der Waals surface area contributed by atoms with Crippen LogP contribution in [-0.4, -0.2) is 34.4 Å². The van der Waals surface area contributed by atoms with Crippen molar-refractivity contribution in [2.24, 2.45) is 5.92 Å². The molecule has 0 bridgehead atoms. The molecule has 0 spiro atoms. The number of rotatable bonds is 9. The Bertz CT molecular complexity index is 1440. The fraction of sp³-hybridized carbons (Fsp3) is 0.483. The number of nitrogens with one attached hydrogen (secondary N) is 1. The maximum atomic E-state index is 12.6. The van der Waals surface area contributed by atoms with Gasteiger partial charge in [-0.3, -0.25) is 24.5 Å². The summed E-state index contributed by atoms with van der Waals surface area (Å²) < 4.78 is 10.00. The summed E-state index contributed by atoms with van der Waals surface area (Å²) in [6, 6.07) is 2.71. The molecule has 1 aliphatic carbocycles. The van der Waals surface area contributed by atoms with Gasteiger partial charge in [-0.05, 0) is 49.1 Å². The van der Waals surface area contributed by atoms with Crippen molar-refractivity contribution in [2.75, 3.05) is 11.6 Å². The molecule has 2 aliphatic heterocycles. The molecule has 5 rings (SSSR count). The molecule has 0 unspecified atom stereocenters. The van der Waals surface area contributed by atoms with Gasteiger partial charge >= 0.3 is 11.3 Å². The summed E-state index contributed by atoms with van der Waals surface area (Å²) in [4.78, 5) is 60.9. The van der Waals surface area contributed by atoms with Crippen LogP contribution in [0.1, 0.15) is 96.4 Å². The highest BCUT2D eigenvalue weighted by Crippen LogP contribution is 2.34. The summed E-state index contributed by atoms with van der Waals surface area (Å²) in [7, 11) is 0. The monoisotopic (exact) mass is 553 g/mol. The fourth-order valence-corrected chi connectivity index (χ4v) is 4.95. The topological polar surface area (TPSA) is 150 Å². The van der Waals surface area contributed by atoms with Gasteiger partial charge in [0.2, 0.25) is 11.8 Å². The molecule has 11 nitrogen and oxygen atoms in total. The quantitative estimate of drug-likeness (QED) is 0.443. The molecule has 0 radical (unpaired) electrons. The SMILES string of the molecule is C=C1NC(=O)c2c(CCCC)cc(=O)oc2N1O.CCCN1C(=O)Cc2oc(=O)cc(CCCC3CC3)c2C1=O. The van der Waals surface area contributed by atoms with E-state index < -0.39 is 17.2 Å². The Morgan fingerprint density at radius 2 is 1.60 bits per heavy atom. The summed E-state index contributed by atoms with van der Waals surface area (Å²) in [5, 5.41) is 12.7. The van der Waals surface area contributed by atoms with Crippen LogP contribution in [0.2, 0.25) is 0 Å². The number of unbranched alkanes of at least 4 members (excludes halogenated alkanes) is 1. The van der Waals surface area contributed by atoms with Crippen LogP contribution < -0.4 is 21.6 Å². The van der Waals surface area contributed by atoms with Crippen LogP contribution in [0, 0.1) is 5.92 Å². The van der Waals surface area contributed by atoms with Gasteiger partial charge in [0, 0.05) is 18.7 Å². The number of hydrogen-bond donors (Lipinski definition) is 2. The zero-order chi connectivity index (χ0) is 29.0. The van der Waals surface area contributed by atoms with E-state index in [9.17, 15) is 29.2 Å². The molecule has 1 saturated carbocycles. The van der Waals surface area contributed by atoms with E-state index in [0.717, 1.165) is 43.6 Å². The van der Waals surface area contributed by atoms with Crippen LogP contribution in [-0.2, 0) is 24.1 Å². The van der Waals surface area contributed by atoms with Crippen LogP contribution in [0.5, 0.6) is 0 Å². The van der Waals surface area contributed by atoms with Gasteiger partial charge in [0.1, 0.15) is 17.1 Å². The number of carbonyl (C=O) groups excluding carboxylic acids is 3. The van der Waals surface area contributed by atoms with E-state index in [2.05, 4.69) is 11.9 Å². The Labute approximate surface area is 231 Å². The lowest BCUT2D eigenvalue weighted by Crippen LogP contribution is -2.43. The highest BCUT2D eigenvalue weighted by atomic mass is 16.5. The third kappa shape index (κ3) is 6.41. The lowest BCUT2D eigenvalue weighted by molar-refractivity contribution is -0.128. The van der Waals surface area contributed by atoms with Crippen molar-refractivity contribution in [1.82, 2.24) is 10.2 Å². The van der Waals surface area contributed by atoms with Crippen molar-refractivity contribution in [2.45, 2.75) is 78.1 Å². The third-order valence-corrected chi connectivity index (χ3v) is 7.15. The molecule has 11 heteroatoms. The lowest BCUT2D eigenvalue weighted by atomic mass is 9.96. The van der Waals surface area contributed by atoms with E-state index in [1.54, 1.807) is 0 Å². The van der Waals surface area contributed by atoms with E-state index in [1.165, 1.54) is 29.9 Å². The van der Waals surface area contributed by atoms with Crippen LogP contribution in [0.15, 0.2) is 43.0 Å². The van der Waals surface area contributed by atoms with E-state index in [1.807, 2.05) is 13.8 Å². The number of fused-ring (bicyclic) bond motifs is 2. The maximum absolute atomic E-state index is 12.6. The Kier molecular flexibility index (Phi) is 9.03. The minimum atomic E-state index is -0.596. The highest BCUT2D eigenvalue weighted by molar-refractivity contribution is 6.09. The summed E-state index contributed by atoms with van der Waals surface area (Å²) in [5.74, 6) is -0.141. The molecule has 3 aliphatic rings. The summed E-state index contributed by atoms with van der Waals surface area (Å²) >= 11 is 0. The van der Waals surface area contributed by atoms with Crippen molar-refractivity contribution in [3.8, 4) is 0 Å². The predicted octanol–water partition coefficient (Wildman–Crippen LogP) is 3.70.